The third kappa shape index (κ3) is 3.13. The second-order valence-electron chi connectivity index (χ2n) is 5.92. The number of hydroxylamine groups is 1. The molecule has 1 atom stereocenters. The average molecular weight is 303 g/mol. The minimum atomic E-state index is -0.524. The first kappa shape index (κ1) is 15.0. The Balaban J connectivity index is 1.68. The smallest absolute Gasteiger partial charge is 0.265 e. The van der Waals surface area contributed by atoms with E-state index in [1.807, 2.05) is 40.1 Å². The molecule has 6 nitrogen and oxygen atoms in total. The Morgan fingerprint density at radius 1 is 1.09 bits per heavy atom. The maximum absolute atomic E-state index is 12.1. The van der Waals surface area contributed by atoms with Gasteiger partial charge in [-0.05, 0) is 18.4 Å². The highest BCUT2D eigenvalue weighted by molar-refractivity contribution is 5.82. The lowest BCUT2D eigenvalue weighted by Gasteiger charge is -2.38. The van der Waals surface area contributed by atoms with Crippen molar-refractivity contribution in [3.05, 3.63) is 35.9 Å². The van der Waals surface area contributed by atoms with Crippen molar-refractivity contribution in [2.45, 2.75) is 18.9 Å². The fourth-order valence-electron chi connectivity index (χ4n) is 3.01. The van der Waals surface area contributed by atoms with Crippen LogP contribution in [-0.4, -0.2) is 53.0 Å². The number of amides is 2. The summed E-state index contributed by atoms with van der Waals surface area (Å²) in [5.41, 5.74) is 2.61. The van der Waals surface area contributed by atoms with Gasteiger partial charge >= 0.3 is 0 Å². The molecule has 2 fully saturated rings. The molecule has 0 radical (unpaired) electrons. The van der Waals surface area contributed by atoms with E-state index in [0.717, 1.165) is 18.4 Å². The lowest BCUT2D eigenvalue weighted by molar-refractivity contribution is -0.138. The first-order valence-electron chi connectivity index (χ1n) is 7.72. The fourth-order valence-corrected chi connectivity index (χ4v) is 3.01. The molecule has 1 heterocycles. The molecule has 22 heavy (non-hydrogen) atoms. The molecule has 1 saturated carbocycles. The maximum atomic E-state index is 12.1. The lowest BCUT2D eigenvalue weighted by atomic mass is 10.0. The third-order valence-electron chi connectivity index (χ3n) is 4.39. The minimum absolute atomic E-state index is 0.234. The molecule has 0 bridgehead atoms. The fraction of sp³-hybridized carbons (Fsp3) is 0.500. The van der Waals surface area contributed by atoms with Crippen molar-refractivity contribution in [1.29, 1.82) is 0 Å². The molecule has 2 aliphatic rings. The van der Waals surface area contributed by atoms with Crippen molar-refractivity contribution >= 4 is 11.8 Å². The number of carbonyl (C=O) groups excluding carboxylic acids is 2. The van der Waals surface area contributed by atoms with E-state index in [1.165, 1.54) is 0 Å². The summed E-state index contributed by atoms with van der Waals surface area (Å²) >= 11 is 0. The number of hydrogen-bond donors (Lipinski definition) is 2. The van der Waals surface area contributed by atoms with Crippen molar-refractivity contribution in [3.63, 3.8) is 0 Å². The molecule has 2 amide bonds. The van der Waals surface area contributed by atoms with Crippen molar-refractivity contribution in [2.24, 2.45) is 5.92 Å². The SMILES string of the molecule is O=C(NO)C(c1ccccc1)N1CCN(C(=O)C2CC2)CC1. The normalized spacial score (nSPS) is 20.5. The van der Waals surface area contributed by atoms with Gasteiger partial charge in [0.05, 0.1) is 0 Å². The Bertz CT molecular complexity index is 537. The summed E-state index contributed by atoms with van der Waals surface area (Å²) in [5, 5.41) is 9.03. The van der Waals surface area contributed by atoms with Gasteiger partial charge in [0.15, 0.2) is 0 Å². The second kappa shape index (κ2) is 6.46. The Morgan fingerprint density at radius 2 is 1.73 bits per heavy atom. The summed E-state index contributed by atoms with van der Waals surface area (Å²) in [7, 11) is 0. The van der Waals surface area contributed by atoms with Gasteiger partial charge < -0.3 is 4.90 Å². The zero-order chi connectivity index (χ0) is 15.5. The van der Waals surface area contributed by atoms with Crippen LogP contribution in [0.25, 0.3) is 0 Å². The van der Waals surface area contributed by atoms with Crippen LogP contribution in [0, 0.1) is 5.92 Å². The highest BCUT2D eigenvalue weighted by Crippen LogP contribution is 2.32. The Kier molecular flexibility index (Phi) is 4.40. The summed E-state index contributed by atoms with van der Waals surface area (Å²) in [6.07, 6.45) is 2.03. The molecule has 1 aromatic rings. The molecule has 0 aromatic heterocycles. The van der Waals surface area contributed by atoms with Crippen LogP contribution < -0.4 is 5.48 Å². The van der Waals surface area contributed by atoms with Crippen LogP contribution in [0.5, 0.6) is 0 Å². The molecule has 1 saturated heterocycles. The number of benzene rings is 1. The molecule has 3 rings (SSSR count). The molecular formula is C16H21N3O3. The van der Waals surface area contributed by atoms with Gasteiger partial charge in [-0.25, -0.2) is 5.48 Å². The van der Waals surface area contributed by atoms with E-state index in [1.54, 1.807) is 5.48 Å². The van der Waals surface area contributed by atoms with Gasteiger partial charge in [-0.1, -0.05) is 30.3 Å². The van der Waals surface area contributed by atoms with Crippen LogP contribution >= 0.6 is 0 Å². The predicted octanol–water partition coefficient (Wildman–Crippen LogP) is 0.787. The van der Waals surface area contributed by atoms with Gasteiger partial charge in [0, 0.05) is 32.1 Å². The van der Waals surface area contributed by atoms with Crippen LogP contribution in [0.1, 0.15) is 24.4 Å². The van der Waals surface area contributed by atoms with Gasteiger partial charge in [-0.2, -0.15) is 0 Å². The first-order valence-corrected chi connectivity index (χ1v) is 7.72. The lowest BCUT2D eigenvalue weighted by Crippen LogP contribution is -2.52. The van der Waals surface area contributed by atoms with Gasteiger partial charge in [0.1, 0.15) is 6.04 Å². The van der Waals surface area contributed by atoms with Crippen LogP contribution in [0.15, 0.2) is 30.3 Å². The topological polar surface area (TPSA) is 72.9 Å². The van der Waals surface area contributed by atoms with Gasteiger partial charge in [-0.3, -0.25) is 19.7 Å². The van der Waals surface area contributed by atoms with Crippen molar-refractivity contribution in [1.82, 2.24) is 15.3 Å². The highest BCUT2D eigenvalue weighted by atomic mass is 16.5. The number of rotatable bonds is 4. The van der Waals surface area contributed by atoms with Gasteiger partial charge in [0.2, 0.25) is 5.91 Å². The zero-order valence-electron chi connectivity index (χ0n) is 12.4. The number of nitrogens with zero attached hydrogens (tertiary/aromatic N) is 2. The Hall–Kier alpha value is -1.92. The standard InChI is InChI=1S/C16H21N3O3/c20-15(17-22)14(12-4-2-1-3-5-12)18-8-10-19(11-9-18)16(21)13-6-7-13/h1-5,13-14,22H,6-11H2,(H,17,20). The van der Waals surface area contributed by atoms with Crippen LogP contribution in [0.2, 0.25) is 0 Å². The second-order valence-corrected chi connectivity index (χ2v) is 5.92. The quantitative estimate of drug-likeness (QED) is 0.637. The van der Waals surface area contributed by atoms with Crippen LogP contribution in [0.3, 0.4) is 0 Å². The van der Waals surface area contributed by atoms with E-state index in [4.69, 9.17) is 5.21 Å². The monoisotopic (exact) mass is 303 g/mol. The van der Waals surface area contributed by atoms with Crippen LogP contribution in [-0.2, 0) is 9.59 Å². The van der Waals surface area contributed by atoms with E-state index in [2.05, 4.69) is 0 Å². The molecule has 6 heteroatoms. The molecule has 1 aromatic carbocycles. The van der Waals surface area contributed by atoms with Crippen molar-refractivity contribution < 1.29 is 14.8 Å². The van der Waals surface area contributed by atoms with Crippen molar-refractivity contribution in [3.8, 4) is 0 Å². The summed E-state index contributed by atoms with van der Waals surface area (Å²) in [5.74, 6) is 0.0490. The molecular weight excluding hydrogens is 282 g/mol. The molecule has 1 aliphatic carbocycles. The Morgan fingerprint density at radius 3 is 2.27 bits per heavy atom. The number of piperazine rings is 1. The summed E-state index contributed by atoms with van der Waals surface area (Å²) in [4.78, 5) is 28.1. The Labute approximate surface area is 129 Å². The van der Waals surface area contributed by atoms with E-state index < -0.39 is 11.9 Å². The van der Waals surface area contributed by atoms with E-state index >= 15 is 0 Å². The first-order chi connectivity index (χ1) is 10.7. The van der Waals surface area contributed by atoms with E-state index in [0.29, 0.717) is 26.2 Å². The molecule has 1 aliphatic heterocycles. The largest absolute Gasteiger partial charge is 0.340 e. The molecule has 118 valence electrons. The van der Waals surface area contributed by atoms with Crippen molar-refractivity contribution in [2.75, 3.05) is 26.2 Å². The van der Waals surface area contributed by atoms with Gasteiger partial charge in [0.25, 0.3) is 5.91 Å². The minimum Gasteiger partial charge on any atom is -0.340 e. The zero-order valence-corrected chi connectivity index (χ0v) is 12.4. The third-order valence-corrected chi connectivity index (χ3v) is 4.39. The van der Waals surface area contributed by atoms with E-state index in [-0.39, 0.29) is 11.8 Å². The summed E-state index contributed by atoms with van der Waals surface area (Å²) in [6.45, 7) is 2.53. The highest BCUT2D eigenvalue weighted by Gasteiger charge is 2.36. The van der Waals surface area contributed by atoms with Crippen LogP contribution in [0.4, 0.5) is 0 Å². The number of hydrogen-bond acceptors (Lipinski definition) is 4. The predicted molar refractivity (Wildman–Crippen MR) is 80.0 cm³/mol. The molecule has 0 spiro atoms. The number of nitrogens with one attached hydrogen (secondary N) is 1. The molecule has 2 N–H and O–H groups in total. The number of carbonyl (C=O) groups is 2. The summed E-state index contributed by atoms with van der Waals surface area (Å²) in [6, 6.07) is 8.87. The average Bonchev–Trinajstić information content (AvgIpc) is 3.41. The molecule has 1 unspecified atom stereocenters. The van der Waals surface area contributed by atoms with Gasteiger partial charge in [-0.15, -0.1) is 0 Å². The summed E-state index contributed by atoms with van der Waals surface area (Å²) < 4.78 is 0. The van der Waals surface area contributed by atoms with E-state index in [9.17, 15) is 9.59 Å². The maximum Gasteiger partial charge on any atom is 0.265 e.